The maximum atomic E-state index is 13.2. The molecule has 1 unspecified atom stereocenters. The van der Waals surface area contributed by atoms with Crippen LogP contribution in [0.2, 0.25) is 0 Å². The van der Waals surface area contributed by atoms with Gasteiger partial charge in [0.1, 0.15) is 28.8 Å². The van der Waals surface area contributed by atoms with E-state index in [4.69, 9.17) is 10.5 Å². The number of carbonyl (C=O) groups excluding carboxylic acids is 2. The van der Waals surface area contributed by atoms with Crippen molar-refractivity contribution in [3.8, 4) is 5.75 Å². The number of fused-ring (bicyclic) bond motifs is 1. The van der Waals surface area contributed by atoms with Gasteiger partial charge in [0.25, 0.3) is 5.91 Å². The first-order valence-electron chi connectivity index (χ1n) is 9.12. The Morgan fingerprint density at radius 3 is 2.67 bits per heavy atom. The predicted octanol–water partition coefficient (Wildman–Crippen LogP) is 2.44. The number of carbonyl (C=O) groups is 2. The molecule has 0 aliphatic carbocycles. The summed E-state index contributed by atoms with van der Waals surface area (Å²) in [4.78, 5) is 29.1. The van der Waals surface area contributed by atoms with Crippen LogP contribution in [0.1, 0.15) is 6.42 Å². The van der Waals surface area contributed by atoms with Gasteiger partial charge in [0.2, 0.25) is 5.91 Å². The number of primary amides is 1. The molecule has 3 N–H and O–H groups in total. The highest BCUT2D eigenvalue weighted by molar-refractivity contribution is 6.44. The van der Waals surface area contributed by atoms with E-state index in [0.717, 1.165) is 0 Å². The van der Waals surface area contributed by atoms with Crippen LogP contribution in [0.3, 0.4) is 0 Å². The molecule has 1 aliphatic rings. The van der Waals surface area contributed by atoms with E-state index < -0.39 is 23.7 Å². The van der Waals surface area contributed by atoms with Gasteiger partial charge in [-0.25, -0.2) is 4.39 Å². The Balaban J connectivity index is 1.64. The minimum Gasteiger partial charge on any atom is -0.494 e. The standard InChI is InChI=1S/C21H18FN5O3/c1-30-18-9-8-15(14-3-2-10-24-19(14)18)25-21(29)16-11-17(20(23)28)27(26-16)13-6-4-12(22)5-7-13/h2-10,17H,11H2,1H3,(H2,23,28)(H,25,29). The SMILES string of the molecule is COc1ccc(NC(=O)C2=NN(c3ccc(F)cc3)C(C(N)=O)C2)c2cccnc12. The molecule has 2 aromatic carbocycles. The molecular weight excluding hydrogens is 389 g/mol. The number of ether oxygens (including phenoxy) is 1. The summed E-state index contributed by atoms with van der Waals surface area (Å²) in [6, 6.07) is 11.6. The first kappa shape index (κ1) is 19.3. The van der Waals surface area contributed by atoms with Crippen molar-refractivity contribution >= 4 is 39.8 Å². The molecule has 2 heterocycles. The molecule has 1 atom stereocenters. The van der Waals surface area contributed by atoms with Gasteiger partial charge in [-0.1, -0.05) is 0 Å². The minimum atomic E-state index is -0.842. The number of pyridine rings is 1. The van der Waals surface area contributed by atoms with Crippen molar-refractivity contribution in [1.29, 1.82) is 0 Å². The molecule has 0 saturated heterocycles. The van der Waals surface area contributed by atoms with Crippen molar-refractivity contribution in [2.24, 2.45) is 10.8 Å². The first-order chi connectivity index (χ1) is 14.5. The van der Waals surface area contributed by atoms with Gasteiger partial charge in [0.15, 0.2) is 0 Å². The monoisotopic (exact) mass is 407 g/mol. The quantitative estimate of drug-likeness (QED) is 0.675. The smallest absolute Gasteiger partial charge is 0.271 e. The zero-order chi connectivity index (χ0) is 21.3. The molecule has 0 fully saturated rings. The number of hydrogen-bond acceptors (Lipinski definition) is 6. The van der Waals surface area contributed by atoms with Gasteiger partial charge < -0.3 is 15.8 Å². The highest BCUT2D eigenvalue weighted by atomic mass is 19.1. The lowest BCUT2D eigenvalue weighted by atomic mass is 10.1. The number of anilines is 2. The molecule has 8 nitrogen and oxygen atoms in total. The molecular formula is C21H18FN5O3. The maximum absolute atomic E-state index is 13.2. The van der Waals surface area contributed by atoms with Crippen LogP contribution in [0.25, 0.3) is 10.9 Å². The third-order valence-corrected chi connectivity index (χ3v) is 4.79. The number of methoxy groups -OCH3 is 1. The summed E-state index contributed by atoms with van der Waals surface area (Å²) >= 11 is 0. The Labute approximate surface area is 171 Å². The van der Waals surface area contributed by atoms with E-state index in [0.29, 0.717) is 28.0 Å². The van der Waals surface area contributed by atoms with Gasteiger partial charge in [0.05, 0.1) is 18.5 Å². The summed E-state index contributed by atoms with van der Waals surface area (Å²) in [7, 11) is 1.54. The molecule has 0 saturated carbocycles. The molecule has 9 heteroatoms. The third-order valence-electron chi connectivity index (χ3n) is 4.79. The number of aromatic nitrogens is 1. The highest BCUT2D eigenvalue weighted by Gasteiger charge is 2.35. The first-order valence-corrected chi connectivity index (χ1v) is 9.12. The number of benzene rings is 2. The van der Waals surface area contributed by atoms with E-state index in [-0.39, 0.29) is 12.1 Å². The van der Waals surface area contributed by atoms with Gasteiger partial charge >= 0.3 is 0 Å². The average Bonchev–Trinajstić information content (AvgIpc) is 3.20. The number of nitrogens with zero attached hydrogens (tertiary/aromatic N) is 3. The zero-order valence-corrected chi connectivity index (χ0v) is 16.0. The van der Waals surface area contributed by atoms with Gasteiger partial charge in [0, 0.05) is 18.0 Å². The Morgan fingerprint density at radius 2 is 1.97 bits per heavy atom. The number of nitrogens with one attached hydrogen (secondary N) is 1. The van der Waals surface area contributed by atoms with Crippen LogP contribution < -0.4 is 20.8 Å². The number of hydrogen-bond donors (Lipinski definition) is 2. The van der Waals surface area contributed by atoms with Crippen LogP contribution in [-0.4, -0.2) is 35.7 Å². The summed E-state index contributed by atoms with van der Waals surface area (Å²) in [6.45, 7) is 0. The summed E-state index contributed by atoms with van der Waals surface area (Å²) in [5, 5.41) is 9.13. The number of hydrazone groups is 1. The van der Waals surface area contributed by atoms with E-state index in [1.54, 1.807) is 31.5 Å². The second kappa shape index (κ2) is 7.78. The van der Waals surface area contributed by atoms with Gasteiger partial charge in [-0.05, 0) is 48.5 Å². The highest BCUT2D eigenvalue weighted by Crippen LogP contribution is 2.30. The number of halogens is 1. The van der Waals surface area contributed by atoms with Crippen molar-refractivity contribution in [3.05, 3.63) is 60.5 Å². The molecule has 152 valence electrons. The topological polar surface area (TPSA) is 110 Å². The van der Waals surface area contributed by atoms with E-state index in [1.165, 1.54) is 29.3 Å². The van der Waals surface area contributed by atoms with E-state index in [9.17, 15) is 14.0 Å². The molecule has 1 aliphatic heterocycles. The van der Waals surface area contributed by atoms with Crippen LogP contribution in [0, 0.1) is 5.82 Å². The molecule has 0 bridgehead atoms. The Morgan fingerprint density at radius 1 is 1.20 bits per heavy atom. The Bertz CT molecular complexity index is 1160. The lowest BCUT2D eigenvalue weighted by Gasteiger charge is -2.20. The normalized spacial score (nSPS) is 15.7. The average molecular weight is 407 g/mol. The second-order valence-corrected chi connectivity index (χ2v) is 6.66. The Hall–Kier alpha value is -4.01. The van der Waals surface area contributed by atoms with Gasteiger partial charge in [-0.3, -0.25) is 19.6 Å². The van der Waals surface area contributed by atoms with Crippen molar-refractivity contribution < 1.29 is 18.7 Å². The number of rotatable bonds is 5. The van der Waals surface area contributed by atoms with Gasteiger partial charge in [-0.15, -0.1) is 0 Å². The lowest BCUT2D eigenvalue weighted by Crippen LogP contribution is -2.39. The van der Waals surface area contributed by atoms with Crippen LogP contribution in [-0.2, 0) is 9.59 Å². The zero-order valence-electron chi connectivity index (χ0n) is 16.0. The van der Waals surface area contributed by atoms with Crippen molar-refractivity contribution in [3.63, 3.8) is 0 Å². The second-order valence-electron chi connectivity index (χ2n) is 6.66. The molecule has 3 aromatic rings. The summed E-state index contributed by atoms with van der Waals surface area (Å²) in [5.41, 5.74) is 7.23. The minimum absolute atomic E-state index is 0.0326. The fraction of sp³-hybridized carbons (Fsp3) is 0.143. The lowest BCUT2D eigenvalue weighted by molar-refractivity contribution is -0.119. The molecule has 0 radical (unpaired) electrons. The fourth-order valence-electron chi connectivity index (χ4n) is 3.32. The maximum Gasteiger partial charge on any atom is 0.271 e. The molecule has 4 rings (SSSR count). The number of nitrogens with two attached hydrogens (primary N) is 1. The molecule has 1 aromatic heterocycles. The van der Waals surface area contributed by atoms with E-state index >= 15 is 0 Å². The van der Waals surface area contributed by atoms with E-state index in [2.05, 4.69) is 15.4 Å². The van der Waals surface area contributed by atoms with E-state index in [1.807, 2.05) is 6.07 Å². The summed E-state index contributed by atoms with van der Waals surface area (Å²) in [6.07, 6.45) is 1.67. The number of amides is 2. The molecule has 2 amide bonds. The predicted molar refractivity (Wildman–Crippen MR) is 111 cm³/mol. The van der Waals surface area contributed by atoms with Crippen LogP contribution in [0.4, 0.5) is 15.8 Å². The van der Waals surface area contributed by atoms with Crippen molar-refractivity contribution in [2.45, 2.75) is 12.5 Å². The van der Waals surface area contributed by atoms with Crippen LogP contribution in [0.5, 0.6) is 5.75 Å². The van der Waals surface area contributed by atoms with Crippen molar-refractivity contribution in [1.82, 2.24) is 4.98 Å². The molecule has 30 heavy (non-hydrogen) atoms. The van der Waals surface area contributed by atoms with Crippen molar-refractivity contribution in [2.75, 3.05) is 17.4 Å². The van der Waals surface area contributed by atoms with Gasteiger partial charge in [-0.2, -0.15) is 5.10 Å². The summed E-state index contributed by atoms with van der Waals surface area (Å²) < 4.78 is 18.5. The fourth-order valence-corrected chi connectivity index (χ4v) is 3.32. The largest absolute Gasteiger partial charge is 0.494 e. The summed E-state index contributed by atoms with van der Waals surface area (Å²) in [5.74, 6) is -0.945. The van der Waals surface area contributed by atoms with Crippen LogP contribution in [0.15, 0.2) is 59.8 Å². The molecule has 0 spiro atoms. The van der Waals surface area contributed by atoms with Crippen LogP contribution >= 0.6 is 0 Å². The third kappa shape index (κ3) is 3.52. The Kier molecular flexibility index (Phi) is 5.01.